The van der Waals surface area contributed by atoms with Crippen molar-refractivity contribution in [2.75, 3.05) is 0 Å². The van der Waals surface area contributed by atoms with Gasteiger partial charge in [-0.25, -0.2) is 0 Å². The highest BCUT2D eigenvalue weighted by Gasteiger charge is 2.22. The average molecular weight is 275 g/mol. The summed E-state index contributed by atoms with van der Waals surface area (Å²) in [6, 6.07) is 7.20. The van der Waals surface area contributed by atoms with Gasteiger partial charge in [-0.3, -0.25) is 4.79 Å². The fraction of sp³-hybridized carbons (Fsp3) is 0.125. The van der Waals surface area contributed by atoms with Gasteiger partial charge in [0.2, 0.25) is 4.23 Å². The summed E-state index contributed by atoms with van der Waals surface area (Å²) in [6.07, 6.45) is 0. The zero-order valence-electron chi connectivity index (χ0n) is 6.08. The van der Waals surface area contributed by atoms with Gasteiger partial charge in [-0.1, -0.05) is 12.1 Å². The maximum Gasteiger partial charge on any atom is 0.258 e. The molecule has 1 aromatic rings. The molecule has 0 unspecified atom stereocenters. The zero-order chi connectivity index (χ0) is 8.55. The molecule has 0 spiro atoms. The first-order valence-electron chi connectivity index (χ1n) is 3.48. The minimum absolute atomic E-state index is 0.0729. The maximum atomic E-state index is 11.3. The molecule has 1 heterocycles. The first kappa shape index (κ1) is 7.85. The number of amides is 1. The van der Waals surface area contributed by atoms with Gasteiger partial charge in [0, 0.05) is 0 Å². The van der Waals surface area contributed by atoms with E-state index < -0.39 is 0 Å². The van der Waals surface area contributed by atoms with Gasteiger partial charge in [0.05, 0.1) is 5.56 Å². The molecule has 1 aliphatic heterocycles. The molecule has 12 heavy (non-hydrogen) atoms. The van der Waals surface area contributed by atoms with Crippen LogP contribution in [0.1, 0.15) is 10.4 Å². The second-order valence-corrected chi connectivity index (χ2v) is 3.53. The summed E-state index contributed by atoms with van der Waals surface area (Å²) < 4.78 is 5.10. The summed E-state index contributed by atoms with van der Waals surface area (Å²) in [5.41, 5.74) is 0.602. The lowest BCUT2D eigenvalue weighted by molar-refractivity contribution is 0.0871. The van der Waals surface area contributed by atoms with Crippen LogP contribution in [-0.2, 0) is 0 Å². The maximum absolute atomic E-state index is 11.3. The highest BCUT2D eigenvalue weighted by Crippen LogP contribution is 2.23. The number of alkyl halides is 1. The summed E-state index contributed by atoms with van der Waals surface area (Å²) in [4.78, 5) is 11.3. The number of para-hydroxylation sites is 1. The SMILES string of the molecule is O=C1N[C@@H](I)Oc2ccccc21. The van der Waals surface area contributed by atoms with Crippen LogP contribution >= 0.6 is 22.6 Å². The van der Waals surface area contributed by atoms with Crippen LogP contribution in [0.5, 0.6) is 5.75 Å². The Bertz CT molecular complexity index is 327. The summed E-state index contributed by atoms with van der Waals surface area (Å²) in [7, 11) is 0. The molecule has 1 N–H and O–H groups in total. The van der Waals surface area contributed by atoms with Crippen LogP contribution in [-0.4, -0.2) is 10.1 Å². The molecule has 3 nitrogen and oxygen atoms in total. The highest BCUT2D eigenvalue weighted by molar-refractivity contribution is 14.1. The third kappa shape index (κ3) is 1.26. The second kappa shape index (κ2) is 2.93. The monoisotopic (exact) mass is 275 g/mol. The number of benzene rings is 1. The van der Waals surface area contributed by atoms with E-state index in [2.05, 4.69) is 5.32 Å². The molecule has 0 saturated heterocycles. The largest absolute Gasteiger partial charge is 0.461 e. The number of carbonyl (C=O) groups excluding carboxylic acids is 1. The number of hydrogen-bond donors (Lipinski definition) is 1. The van der Waals surface area contributed by atoms with Crippen LogP contribution < -0.4 is 10.1 Å². The molecule has 0 aliphatic carbocycles. The standard InChI is InChI=1S/C8H6INO2/c9-8-10-7(11)5-3-1-2-4-6(5)12-8/h1-4,8H,(H,10,11)/t8-/m1/s1. The van der Waals surface area contributed by atoms with Crippen molar-refractivity contribution in [3.8, 4) is 5.75 Å². The van der Waals surface area contributed by atoms with E-state index in [1.54, 1.807) is 12.1 Å². The quantitative estimate of drug-likeness (QED) is 0.443. The van der Waals surface area contributed by atoms with E-state index in [-0.39, 0.29) is 10.1 Å². The molecule has 0 bridgehead atoms. The Morgan fingerprint density at radius 1 is 1.42 bits per heavy atom. The lowest BCUT2D eigenvalue weighted by atomic mass is 10.2. The Kier molecular flexibility index (Phi) is 1.92. The summed E-state index contributed by atoms with van der Waals surface area (Å²) in [6.45, 7) is 0. The van der Waals surface area contributed by atoms with Gasteiger partial charge in [0.15, 0.2) is 0 Å². The molecule has 0 fully saturated rings. The summed E-state index contributed by atoms with van der Waals surface area (Å²) in [5.74, 6) is 0.580. The minimum Gasteiger partial charge on any atom is -0.461 e. The van der Waals surface area contributed by atoms with E-state index in [1.807, 2.05) is 34.7 Å². The number of nitrogens with one attached hydrogen (secondary N) is 1. The topological polar surface area (TPSA) is 38.3 Å². The number of hydrogen-bond acceptors (Lipinski definition) is 2. The van der Waals surface area contributed by atoms with Crippen LogP contribution in [0.3, 0.4) is 0 Å². The van der Waals surface area contributed by atoms with Crippen molar-refractivity contribution in [2.24, 2.45) is 0 Å². The van der Waals surface area contributed by atoms with E-state index in [4.69, 9.17) is 4.74 Å². The van der Waals surface area contributed by atoms with Crippen LogP contribution in [0.4, 0.5) is 0 Å². The Balaban J connectivity index is 2.47. The van der Waals surface area contributed by atoms with E-state index in [0.717, 1.165) is 0 Å². The lowest BCUT2D eigenvalue weighted by Gasteiger charge is -2.22. The lowest BCUT2D eigenvalue weighted by Crippen LogP contribution is -2.38. The van der Waals surface area contributed by atoms with E-state index >= 15 is 0 Å². The molecule has 2 rings (SSSR count). The fourth-order valence-corrected chi connectivity index (χ4v) is 1.64. The van der Waals surface area contributed by atoms with Gasteiger partial charge in [0.1, 0.15) is 5.75 Å². The molecule has 0 aromatic heterocycles. The van der Waals surface area contributed by atoms with Crippen LogP contribution in [0.2, 0.25) is 0 Å². The molecule has 1 aromatic carbocycles. The predicted octanol–water partition coefficient (Wildman–Crippen LogP) is 1.53. The molecule has 4 heteroatoms. The Morgan fingerprint density at radius 3 is 3.00 bits per heavy atom. The predicted molar refractivity (Wildman–Crippen MR) is 52.3 cm³/mol. The first-order valence-corrected chi connectivity index (χ1v) is 4.72. The van der Waals surface area contributed by atoms with Gasteiger partial charge >= 0.3 is 0 Å². The number of carbonyl (C=O) groups is 1. The molecule has 0 radical (unpaired) electrons. The summed E-state index contributed by atoms with van der Waals surface area (Å²) in [5, 5.41) is 2.66. The van der Waals surface area contributed by atoms with Gasteiger partial charge < -0.3 is 10.1 Å². The van der Waals surface area contributed by atoms with Crippen molar-refractivity contribution in [1.29, 1.82) is 0 Å². The molecule has 1 amide bonds. The van der Waals surface area contributed by atoms with Crippen molar-refractivity contribution in [3.63, 3.8) is 0 Å². The van der Waals surface area contributed by atoms with E-state index in [0.29, 0.717) is 11.3 Å². The van der Waals surface area contributed by atoms with Crippen LogP contribution in [0.25, 0.3) is 0 Å². The number of rotatable bonds is 0. The Morgan fingerprint density at radius 2 is 2.17 bits per heavy atom. The van der Waals surface area contributed by atoms with Crippen molar-refractivity contribution in [3.05, 3.63) is 29.8 Å². The van der Waals surface area contributed by atoms with Crippen molar-refractivity contribution in [2.45, 2.75) is 4.23 Å². The highest BCUT2D eigenvalue weighted by atomic mass is 127. The molecule has 0 saturated carbocycles. The average Bonchev–Trinajstić information content (AvgIpc) is 2.04. The second-order valence-electron chi connectivity index (χ2n) is 2.40. The normalized spacial score (nSPS) is 20.8. The third-order valence-corrected chi connectivity index (χ3v) is 2.17. The van der Waals surface area contributed by atoms with Crippen molar-refractivity contribution < 1.29 is 9.53 Å². The third-order valence-electron chi connectivity index (χ3n) is 1.61. The van der Waals surface area contributed by atoms with Crippen LogP contribution in [0.15, 0.2) is 24.3 Å². The molecule has 1 atom stereocenters. The van der Waals surface area contributed by atoms with E-state index in [1.165, 1.54) is 0 Å². The van der Waals surface area contributed by atoms with Crippen molar-refractivity contribution in [1.82, 2.24) is 5.32 Å². The fourth-order valence-electron chi connectivity index (χ4n) is 1.08. The first-order chi connectivity index (χ1) is 5.77. The Hall–Kier alpha value is -0.780. The smallest absolute Gasteiger partial charge is 0.258 e. The molecular weight excluding hydrogens is 269 g/mol. The summed E-state index contributed by atoms with van der Waals surface area (Å²) >= 11 is 2.01. The molecule has 62 valence electrons. The number of halogens is 1. The minimum atomic E-state index is -0.259. The van der Waals surface area contributed by atoms with Gasteiger partial charge in [-0.05, 0) is 34.7 Å². The zero-order valence-corrected chi connectivity index (χ0v) is 8.24. The number of ether oxygens (including phenoxy) is 1. The van der Waals surface area contributed by atoms with Gasteiger partial charge in [-0.15, -0.1) is 0 Å². The molecule has 1 aliphatic rings. The van der Waals surface area contributed by atoms with Crippen molar-refractivity contribution >= 4 is 28.5 Å². The molecular formula is C8H6INO2. The Labute approximate surface area is 83.2 Å². The van der Waals surface area contributed by atoms with E-state index in [9.17, 15) is 4.79 Å². The van der Waals surface area contributed by atoms with Gasteiger partial charge in [-0.2, -0.15) is 0 Å². The number of fused-ring (bicyclic) bond motifs is 1. The van der Waals surface area contributed by atoms with Crippen LogP contribution in [0, 0.1) is 0 Å². The van der Waals surface area contributed by atoms with Gasteiger partial charge in [0.25, 0.3) is 5.91 Å².